The van der Waals surface area contributed by atoms with Crippen molar-refractivity contribution in [3.05, 3.63) is 76.3 Å². The number of carbonyl (C=O) groups is 1. The minimum Gasteiger partial charge on any atom is -0.448 e. The zero-order chi connectivity index (χ0) is 19.0. The van der Waals surface area contributed by atoms with Gasteiger partial charge in [0.2, 0.25) is 11.5 Å². The van der Waals surface area contributed by atoms with Crippen molar-refractivity contribution in [3.8, 4) is 0 Å². The Morgan fingerprint density at radius 3 is 2.70 bits per heavy atom. The first kappa shape index (κ1) is 17.0. The van der Waals surface area contributed by atoms with Crippen LogP contribution in [0.25, 0.3) is 22.1 Å². The number of carbonyl (C=O) groups excluding carboxylic acids is 1. The van der Waals surface area contributed by atoms with Crippen LogP contribution in [-0.4, -0.2) is 15.5 Å². The highest BCUT2D eigenvalue weighted by molar-refractivity contribution is 6.01. The van der Waals surface area contributed by atoms with E-state index < -0.39 is 0 Å². The van der Waals surface area contributed by atoms with E-state index in [-0.39, 0.29) is 29.6 Å². The summed E-state index contributed by atoms with van der Waals surface area (Å²) in [7, 11) is 0. The van der Waals surface area contributed by atoms with Gasteiger partial charge >= 0.3 is 0 Å². The van der Waals surface area contributed by atoms with Crippen molar-refractivity contribution in [1.82, 2.24) is 14.9 Å². The molecule has 0 saturated heterocycles. The average molecular weight is 361 g/mol. The number of benzene rings is 2. The van der Waals surface area contributed by atoms with Gasteiger partial charge in [0.1, 0.15) is 17.6 Å². The molecule has 2 aromatic heterocycles. The lowest BCUT2D eigenvalue weighted by atomic mass is 10.1. The lowest BCUT2D eigenvalue weighted by Gasteiger charge is -2.15. The van der Waals surface area contributed by atoms with Gasteiger partial charge in [-0.25, -0.2) is 4.98 Å². The van der Waals surface area contributed by atoms with Gasteiger partial charge in [-0.15, -0.1) is 0 Å². The number of rotatable bonds is 4. The largest absolute Gasteiger partial charge is 0.448 e. The summed E-state index contributed by atoms with van der Waals surface area (Å²) in [6, 6.07) is 15.2. The Balaban J connectivity index is 1.56. The third-order valence-corrected chi connectivity index (χ3v) is 4.62. The van der Waals surface area contributed by atoms with Crippen LogP contribution in [-0.2, 0) is 11.3 Å². The third-order valence-electron chi connectivity index (χ3n) is 4.62. The lowest BCUT2D eigenvalue weighted by molar-refractivity contribution is -0.122. The summed E-state index contributed by atoms with van der Waals surface area (Å²) >= 11 is 0. The highest BCUT2D eigenvalue weighted by Crippen LogP contribution is 2.24. The molecular formula is C21H19N3O3. The molecule has 0 radical (unpaired) electrons. The van der Waals surface area contributed by atoms with Crippen LogP contribution in [0.4, 0.5) is 0 Å². The fraction of sp³-hybridized carbons (Fsp3) is 0.190. The summed E-state index contributed by atoms with van der Waals surface area (Å²) in [5, 5.41) is 3.70. The van der Waals surface area contributed by atoms with Gasteiger partial charge in [0.25, 0.3) is 5.56 Å². The molecular weight excluding hydrogens is 342 g/mol. The Morgan fingerprint density at radius 2 is 1.93 bits per heavy atom. The molecule has 1 atom stereocenters. The first-order valence-electron chi connectivity index (χ1n) is 8.75. The number of aryl methyl sites for hydroxylation is 1. The van der Waals surface area contributed by atoms with Crippen LogP contribution in [0.2, 0.25) is 0 Å². The number of aromatic nitrogens is 2. The summed E-state index contributed by atoms with van der Waals surface area (Å²) in [5.41, 5.74) is 3.08. The molecule has 0 fully saturated rings. The van der Waals surface area contributed by atoms with E-state index >= 15 is 0 Å². The van der Waals surface area contributed by atoms with E-state index in [0.29, 0.717) is 11.1 Å². The van der Waals surface area contributed by atoms with Gasteiger partial charge in [-0.05, 0) is 31.5 Å². The van der Waals surface area contributed by atoms with Crippen molar-refractivity contribution in [2.75, 3.05) is 0 Å². The highest BCUT2D eigenvalue weighted by atomic mass is 16.3. The molecule has 0 spiro atoms. The van der Waals surface area contributed by atoms with Gasteiger partial charge in [0.05, 0.1) is 12.4 Å². The van der Waals surface area contributed by atoms with E-state index in [4.69, 9.17) is 4.42 Å². The van der Waals surface area contributed by atoms with Gasteiger partial charge in [0.15, 0.2) is 0 Å². The smallest absolute Gasteiger partial charge is 0.297 e. The Bertz CT molecular complexity index is 1190. The number of fused-ring (bicyclic) bond motifs is 3. The van der Waals surface area contributed by atoms with E-state index in [1.165, 1.54) is 10.9 Å². The molecule has 4 rings (SSSR count). The Labute approximate surface area is 155 Å². The van der Waals surface area contributed by atoms with Crippen molar-refractivity contribution in [2.24, 2.45) is 0 Å². The fourth-order valence-corrected chi connectivity index (χ4v) is 3.11. The summed E-state index contributed by atoms with van der Waals surface area (Å²) in [6.45, 7) is 3.81. The summed E-state index contributed by atoms with van der Waals surface area (Å²) in [4.78, 5) is 29.4. The SMILES string of the molecule is Cc1ccc(C(C)NC(=O)Cn2cnc3c(oc4ccccc43)c2=O)cc1. The summed E-state index contributed by atoms with van der Waals surface area (Å²) in [5.74, 6) is -0.262. The molecule has 27 heavy (non-hydrogen) atoms. The average Bonchev–Trinajstić information content (AvgIpc) is 3.04. The molecule has 6 heteroatoms. The van der Waals surface area contributed by atoms with E-state index in [1.54, 1.807) is 6.07 Å². The zero-order valence-corrected chi connectivity index (χ0v) is 15.1. The molecule has 0 aliphatic heterocycles. The molecule has 1 amide bonds. The van der Waals surface area contributed by atoms with Crippen LogP contribution >= 0.6 is 0 Å². The Morgan fingerprint density at radius 1 is 1.19 bits per heavy atom. The molecule has 0 aliphatic rings. The monoisotopic (exact) mass is 361 g/mol. The maximum atomic E-state index is 12.7. The number of amides is 1. The van der Waals surface area contributed by atoms with Crippen molar-refractivity contribution >= 4 is 28.0 Å². The van der Waals surface area contributed by atoms with E-state index in [1.807, 2.05) is 56.3 Å². The van der Waals surface area contributed by atoms with Crippen molar-refractivity contribution < 1.29 is 9.21 Å². The van der Waals surface area contributed by atoms with Gasteiger partial charge < -0.3 is 9.73 Å². The second-order valence-corrected chi connectivity index (χ2v) is 6.65. The predicted octanol–water partition coefficient (Wildman–Crippen LogP) is 3.33. The molecule has 2 aromatic carbocycles. The third kappa shape index (κ3) is 3.21. The summed E-state index contributed by atoms with van der Waals surface area (Å²) in [6.07, 6.45) is 1.39. The number of hydrogen-bond acceptors (Lipinski definition) is 4. The van der Waals surface area contributed by atoms with Crippen LogP contribution in [0, 0.1) is 6.92 Å². The Hall–Kier alpha value is -3.41. The van der Waals surface area contributed by atoms with E-state index in [2.05, 4.69) is 10.3 Å². The van der Waals surface area contributed by atoms with Crippen LogP contribution in [0.5, 0.6) is 0 Å². The molecule has 0 aliphatic carbocycles. The van der Waals surface area contributed by atoms with Gasteiger partial charge in [0, 0.05) is 5.39 Å². The maximum Gasteiger partial charge on any atom is 0.297 e. The molecule has 1 unspecified atom stereocenters. The minimum absolute atomic E-state index is 0.116. The van der Waals surface area contributed by atoms with Gasteiger partial charge in [-0.2, -0.15) is 0 Å². The van der Waals surface area contributed by atoms with Crippen molar-refractivity contribution in [1.29, 1.82) is 0 Å². The van der Waals surface area contributed by atoms with Crippen LogP contribution in [0.1, 0.15) is 24.1 Å². The number of furan rings is 1. The molecule has 0 bridgehead atoms. The van der Waals surface area contributed by atoms with Crippen molar-refractivity contribution in [2.45, 2.75) is 26.4 Å². The van der Waals surface area contributed by atoms with Crippen LogP contribution < -0.4 is 10.9 Å². The number of nitrogens with one attached hydrogen (secondary N) is 1. The van der Waals surface area contributed by atoms with Crippen molar-refractivity contribution in [3.63, 3.8) is 0 Å². The zero-order valence-electron chi connectivity index (χ0n) is 15.1. The van der Waals surface area contributed by atoms with Crippen LogP contribution in [0.15, 0.2) is 64.1 Å². The second kappa shape index (κ2) is 6.72. The Kier molecular flexibility index (Phi) is 4.24. The first-order valence-corrected chi connectivity index (χ1v) is 8.75. The predicted molar refractivity (Wildman–Crippen MR) is 104 cm³/mol. The molecule has 2 heterocycles. The number of nitrogens with zero attached hydrogens (tertiary/aromatic N) is 2. The second-order valence-electron chi connectivity index (χ2n) is 6.65. The standard InChI is InChI=1S/C21H19N3O3/c1-13-7-9-15(10-8-13)14(2)23-18(25)11-24-12-22-19-16-5-3-4-6-17(16)27-20(19)21(24)26/h3-10,12,14H,11H2,1-2H3,(H,23,25). The van der Waals surface area contributed by atoms with Gasteiger partial charge in [-0.3, -0.25) is 14.2 Å². The molecule has 6 nitrogen and oxygen atoms in total. The highest BCUT2D eigenvalue weighted by Gasteiger charge is 2.15. The molecule has 136 valence electrons. The number of para-hydroxylation sites is 1. The fourth-order valence-electron chi connectivity index (χ4n) is 3.11. The molecule has 4 aromatic rings. The van der Waals surface area contributed by atoms with E-state index in [9.17, 15) is 9.59 Å². The first-order chi connectivity index (χ1) is 13.0. The molecule has 0 saturated carbocycles. The van der Waals surface area contributed by atoms with Crippen LogP contribution in [0.3, 0.4) is 0 Å². The lowest BCUT2D eigenvalue weighted by Crippen LogP contribution is -2.33. The quantitative estimate of drug-likeness (QED) is 0.605. The maximum absolute atomic E-state index is 12.7. The van der Waals surface area contributed by atoms with E-state index in [0.717, 1.165) is 16.5 Å². The van der Waals surface area contributed by atoms with Gasteiger partial charge in [-0.1, -0.05) is 42.0 Å². The normalized spacial score (nSPS) is 12.4. The minimum atomic E-state index is -0.366. The topological polar surface area (TPSA) is 77.1 Å². The number of hydrogen-bond donors (Lipinski definition) is 1. The molecule has 1 N–H and O–H groups in total. The summed E-state index contributed by atoms with van der Waals surface area (Å²) < 4.78 is 6.91.